The molecule has 0 N–H and O–H groups in total. The number of rotatable bonds is 73. The van der Waals surface area contributed by atoms with Crippen molar-refractivity contribution in [2.75, 3.05) is 13.2 Å². The summed E-state index contributed by atoms with van der Waals surface area (Å²) in [6, 6.07) is 0. The summed E-state index contributed by atoms with van der Waals surface area (Å²) in [7, 11) is 0. The topological polar surface area (TPSA) is 78.9 Å². The molecule has 0 saturated heterocycles. The van der Waals surface area contributed by atoms with Crippen LogP contribution in [0.5, 0.6) is 0 Å². The van der Waals surface area contributed by atoms with Crippen molar-refractivity contribution >= 4 is 17.9 Å². The van der Waals surface area contributed by atoms with Gasteiger partial charge in [0.15, 0.2) is 6.10 Å². The Bertz CT molecular complexity index is 1250. The van der Waals surface area contributed by atoms with E-state index < -0.39 is 6.10 Å². The van der Waals surface area contributed by atoms with Gasteiger partial charge in [0.05, 0.1) is 0 Å². The Labute approximate surface area is 520 Å². The van der Waals surface area contributed by atoms with Crippen LogP contribution in [0, 0.1) is 0 Å². The van der Waals surface area contributed by atoms with E-state index in [1.54, 1.807) is 0 Å². The number of hydrogen-bond acceptors (Lipinski definition) is 6. The smallest absolute Gasteiger partial charge is 0.306 e. The standard InChI is InChI=1S/C77H150O6/c1-4-7-10-13-16-19-22-25-27-29-31-33-35-37-39-41-43-45-47-49-52-55-58-61-64-67-70-76(79)82-73-74(72-81-75(78)69-66-63-60-57-54-51-24-21-18-15-12-9-6-3)83-77(80)71-68-65-62-59-56-53-50-48-46-44-42-40-38-36-34-32-30-28-26-23-20-17-14-11-8-5-2/h74H,4-73H2,1-3H3. The predicted octanol–water partition coefficient (Wildman–Crippen LogP) is 26.6. The highest BCUT2D eigenvalue weighted by molar-refractivity contribution is 5.71. The average Bonchev–Trinajstić information content (AvgIpc) is 3.49. The second kappa shape index (κ2) is 72.9. The number of carbonyl (C=O) groups excluding carboxylic acids is 3. The summed E-state index contributed by atoms with van der Waals surface area (Å²) < 4.78 is 17.0. The summed E-state index contributed by atoms with van der Waals surface area (Å²) in [5, 5.41) is 0. The first-order chi connectivity index (χ1) is 41.0. The zero-order valence-corrected chi connectivity index (χ0v) is 57.0. The van der Waals surface area contributed by atoms with Gasteiger partial charge in [0.2, 0.25) is 0 Å². The minimum Gasteiger partial charge on any atom is -0.462 e. The molecule has 0 amide bonds. The van der Waals surface area contributed by atoms with Crippen molar-refractivity contribution in [1.29, 1.82) is 0 Å². The SMILES string of the molecule is CCCCCCCCCCCCCCCCCCCCCCCCCCCCC(=O)OCC(COC(=O)CCCCCCCCCCCCCCC)OC(=O)CCCCCCCCCCCCCCCCCCCCCCCCCCCC. The maximum Gasteiger partial charge on any atom is 0.306 e. The highest BCUT2D eigenvalue weighted by Gasteiger charge is 2.20. The summed E-state index contributed by atoms with van der Waals surface area (Å²) in [6.07, 6.45) is 87.3. The molecule has 0 aromatic heterocycles. The highest BCUT2D eigenvalue weighted by Crippen LogP contribution is 2.20. The molecule has 0 spiro atoms. The van der Waals surface area contributed by atoms with Crippen LogP contribution in [-0.4, -0.2) is 37.2 Å². The Morgan fingerprint density at radius 3 is 0.482 bits per heavy atom. The minimum absolute atomic E-state index is 0.0599. The van der Waals surface area contributed by atoms with E-state index in [1.165, 1.54) is 360 Å². The van der Waals surface area contributed by atoms with Crippen LogP contribution in [0.3, 0.4) is 0 Å². The molecular weight excluding hydrogens is 1020 g/mol. The van der Waals surface area contributed by atoms with E-state index >= 15 is 0 Å². The molecule has 0 radical (unpaired) electrons. The van der Waals surface area contributed by atoms with Crippen molar-refractivity contribution in [2.45, 2.75) is 463 Å². The number of unbranched alkanes of at least 4 members (excludes halogenated alkanes) is 62. The highest BCUT2D eigenvalue weighted by atomic mass is 16.6. The quantitative estimate of drug-likeness (QED) is 0.0343. The van der Waals surface area contributed by atoms with Gasteiger partial charge in [-0.3, -0.25) is 14.4 Å². The Balaban J connectivity index is 4.15. The van der Waals surface area contributed by atoms with Crippen molar-refractivity contribution in [3.63, 3.8) is 0 Å². The second-order valence-corrected chi connectivity index (χ2v) is 26.6. The summed E-state index contributed by atoms with van der Waals surface area (Å²) in [4.78, 5) is 38.5. The Hall–Kier alpha value is -1.59. The molecule has 0 heterocycles. The van der Waals surface area contributed by atoms with Gasteiger partial charge in [0.25, 0.3) is 0 Å². The second-order valence-electron chi connectivity index (χ2n) is 26.6. The molecule has 0 aliphatic rings. The lowest BCUT2D eigenvalue weighted by Crippen LogP contribution is -2.30. The van der Waals surface area contributed by atoms with Crippen molar-refractivity contribution in [1.82, 2.24) is 0 Å². The number of esters is 3. The van der Waals surface area contributed by atoms with Gasteiger partial charge in [0, 0.05) is 19.3 Å². The molecule has 0 aromatic rings. The molecule has 1 unspecified atom stereocenters. The van der Waals surface area contributed by atoms with Crippen molar-refractivity contribution in [2.24, 2.45) is 0 Å². The molecule has 83 heavy (non-hydrogen) atoms. The predicted molar refractivity (Wildman–Crippen MR) is 363 cm³/mol. The third kappa shape index (κ3) is 71.1. The zero-order valence-electron chi connectivity index (χ0n) is 57.0. The molecule has 6 nitrogen and oxygen atoms in total. The number of hydrogen-bond donors (Lipinski definition) is 0. The van der Waals surface area contributed by atoms with E-state index in [0.29, 0.717) is 19.3 Å². The number of ether oxygens (including phenoxy) is 3. The lowest BCUT2D eigenvalue weighted by atomic mass is 10.0. The largest absolute Gasteiger partial charge is 0.462 e. The molecule has 0 saturated carbocycles. The lowest BCUT2D eigenvalue weighted by molar-refractivity contribution is -0.167. The first kappa shape index (κ1) is 81.4. The summed E-state index contributed by atoms with van der Waals surface area (Å²) in [5.41, 5.74) is 0. The molecular formula is C77H150O6. The maximum absolute atomic E-state index is 13.0. The third-order valence-electron chi connectivity index (χ3n) is 18.1. The fourth-order valence-electron chi connectivity index (χ4n) is 12.3. The van der Waals surface area contributed by atoms with Gasteiger partial charge in [-0.2, -0.15) is 0 Å². The lowest BCUT2D eigenvalue weighted by Gasteiger charge is -2.18. The van der Waals surface area contributed by atoms with E-state index in [9.17, 15) is 14.4 Å². The van der Waals surface area contributed by atoms with Gasteiger partial charge in [-0.05, 0) is 19.3 Å². The van der Waals surface area contributed by atoms with Crippen LogP contribution in [0.4, 0.5) is 0 Å². The Morgan fingerprint density at radius 2 is 0.325 bits per heavy atom. The van der Waals surface area contributed by atoms with Gasteiger partial charge < -0.3 is 14.2 Å². The molecule has 6 heteroatoms. The molecule has 494 valence electrons. The van der Waals surface area contributed by atoms with Crippen LogP contribution < -0.4 is 0 Å². The van der Waals surface area contributed by atoms with Crippen LogP contribution in [0.2, 0.25) is 0 Å². The molecule has 0 bridgehead atoms. The fourth-order valence-corrected chi connectivity index (χ4v) is 12.3. The molecule has 0 aliphatic heterocycles. The van der Waals surface area contributed by atoms with E-state index in [0.717, 1.165) is 57.8 Å². The number of carbonyl (C=O) groups is 3. The third-order valence-corrected chi connectivity index (χ3v) is 18.1. The van der Waals surface area contributed by atoms with Crippen LogP contribution in [0.1, 0.15) is 457 Å². The summed E-state index contributed by atoms with van der Waals surface area (Å²) in [6.45, 7) is 6.75. The maximum atomic E-state index is 13.0. The van der Waals surface area contributed by atoms with Crippen molar-refractivity contribution < 1.29 is 28.6 Å². The fraction of sp³-hybridized carbons (Fsp3) is 0.961. The average molecular weight is 1170 g/mol. The van der Waals surface area contributed by atoms with Gasteiger partial charge in [0.1, 0.15) is 13.2 Å². The summed E-state index contributed by atoms with van der Waals surface area (Å²) >= 11 is 0. The van der Waals surface area contributed by atoms with E-state index in [2.05, 4.69) is 20.8 Å². The van der Waals surface area contributed by atoms with Crippen molar-refractivity contribution in [3.8, 4) is 0 Å². The zero-order chi connectivity index (χ0) is 59.9. The van der Waals surface area contributed by atoms with E-state index in [-0.39, 0.29) is 31.1 Å². The van der Waals surface area contributed by atoms with Gasteiger partial charge in [-0.25, -0.2) is 0 Å². The normalized spacial score (nSPS) is 11.9. The first-order valence-corrected chi connectivity index (χ1v) is 38.5. The van der Waals surface area contributed by atoms with Gasteiger partial charge in [-0.1, -0.05) is 419 Å². The van der Waals surface area contributed by atoms with Crippen LogP contribution in [0.25, 0.3) is 0 Å². The first-order valence-electron chi connectivity index (χ1n) is 38.5. The van der Waals surface area contributed by atoms with Gasteiger partial charge in [-0.15, -0.1) is 0 Å². The Morgan fingerprint density at radius 1 is 0.193 bits per heavy atom. The van der Waals surface area contributed by atoms with Crippen molar-refractivity contribution in [3.05, 3.63) is 0 Å². The van der Waals surface area contributed by atoms with Crippen LogP contribution in [0.15, 0.2) is 0 Å². The van der Waals surface area contributed by atoms with Crippen LogP contribution in [-0.2, 0) is 28.6 Å². The van der Waals surface area contributed by atoms with E-state index in [4.69, 9.17) is 14.2 Å². The Kier molecular flexibility index (Phi) is 71.5. The van der Waals surface area contributed by atoms with Gasteiger partial charge >= 0.3 is 17.9 Å². The van der Waals surface area contributed by atoms with Crippen LogP contribution >= 0.6 is 0 Å². The molecule has 1 atom stereocenters. The van der Waals surface area contributed by atoms with E-state index in [1.807, 2.05) is 0 Å². The summed E-state index contributed by atoms with van der Waals surface area (Å²) in [5.74, 6) is -0.816. The molecule has 0 fully saturated rings. The minimum atomic E-state index is -0.764. The monoisotopic (exact) mass is 1170 g/mol. The molecule has 0 aromatic carbocycles. The molecule has 0 rings (SSSR count). The molecule has 0 aliphatic carbocycles.